The van der Waals surface area contributed by atoms with E-state index in [4.69, 9.17) is 10.5 Å². The summed E-state index contributed by atoms with van der Waals surface area (Å²) in [6.45, 7) is 3.88. The van der Waals surface area contributed by atoms with E-state index in [0.29, 0.717) is 19.2 Å². The molecule has 2 atom stereocenters. The smallest absolute Gasteiger partial charge is 0.224 e. The van der Waals surface area contributed by atoms with Gasteiger partial charge in [-0.1, -0.05) is 12.1 Å². The van der Waals surface area contributed by atoms with Crippen molar-refractivity contribution in [2.75, 3.05) is 26.2 Å². The summed E-state index contributed by atoms with van der Waals surface area (Å²) in [5.74, 6) is 1.27. The Morgan fingerprint density at radius 2 is 2.33 bits per heavy atom. The van der Waals surface area contributed by atoms with E-state index in [1.54, 1.807) is 0 Å². The molecule has 3 rings (SSSR count). The molecule has 2 unspecified atom stereocenters. The molecule has 2 fully saturated rings. The molecular weight excluding hydrogens is 266 g/mol. The predicted molar refractivity (Wildman–Crippen MR) is 80.9 cm³/mol. The third-order valence-corrected chi connectivity index (χ3v) is 4.50. The highest BCUT2D eigenvalue weighted by Gasteiger charge is 2.40. The summed E-state index contributed by atoms with van der Waals surface area (Å²) in [6, 6.07) is 8.26. The molecule has 2 aliphatic heterocycles. The van der Waals surface area contributed by atoms with Crippen LogP contribution in [0.4, 0.5) is 0 Å². The summed E-state index contributed by atoms with van der Waals surface area (Å²) >= 11 is 0. The highest BCUT2D eigenvalue weighted by Crippen LogP contribution is 2.27. The second-order valence-electron chi connectivity index (χ2n) is 5.80. The van der Waals surface area contributed by atoms with Gasteiger partial charge in [-0.15, -0.1) is 0 Å². The lowest BCUT2D eigenvalue weighted by Gasteiger charge is -2.35. The van der Waals surface area contributed by atoms with Gasteiger partial charge in [0.25, 0.3) is 0 Å². The Kier molecular flexibility index (Phi) is 4.41. The fourth-order valence-corrected chi connectivity index (χ4v) is 3.36. The first-order valence-corrected chi connectivity index (χ1v) is 7.71. The number of nitrogens with zero attached hydrogens (tertiary/aromatic N) is 1. The molecule has 3 N–H and O–H groups in total. The van der Waals surface area contributed by atoms with Crippen LogP contribution in [-0.2, 0) is 11.3 Å². The largest absolute Gasteiger partial charge is 0.492 e. The molecule has 0 radical (unpaired) electrons. The normalized spacial score (nSPS) is 25.5. The highest BCUT2D eigenvalue weighted by atomic mass is 16.5. The quantitative estimate of drug-likeness (QED) is 0.839. The molecule has 1 aromatic carbocycles. The van der Waals surface area contributed by atoms with Crippen molar-refractivity contribution in [3.63, 3.8) is 0 Å². The number of amides is 1. The van der Waals surface area contributed by atoms with Gasteiger partial charge < -0.3 is 15.8 Å². The third-order valence-electron chi connectivity index (χ3n) is 4.50. The van der Waals surface area contributed by atoms with Gasteiger partial charge >= 0.3 is 0 Å². The molecule has 5 heteroatoms. The summed E-state index contributed by atoms with van der Waals surface area (Å²) in [5, 5.41) is 2.98. The Morgan fingerprint density at radius 1 is 1.43 bits per heavy atom. The van der Waals surface area contributed by atoms with Gasteiger partial charge in [-0.05, 0) is 37.1 Å². The van der Waals surface area contributed by atoms with Crippen molar-refractivity contribution in [3.8, 4) is 5.75 Å². The zero-order valence-electron chi connectivity index (χ0n) is 12.3. The van der Waals surface area contributed by atoms with Crippen LogP contribution in [0.25, 0.3) is 0 Å². The van der Waals surface area contributed by atoms with Gasteiger partial charge in [-0.3, -0.25) is 9.69 Å². The number of nitrogens with one attached hydrogen (secondary N) is 1. The number of carbonyl (C=O) groups is 1. The molecule has 114 valence electrons. The molecule has 2 heterocycles. The Bertz CT molecular complexity index is 506. The Labute approximate surface area is 125 Å². The Morgan fingerprint density at radius 3 is 3.19 bits per heavy atom. The SMILES string of the molecule is NCc1cccc(OCCN2CCCC3C(=O)NCC32)c1. The van der Waals surface area contributed by atoms with Crippen molar-refractivity contribution in [2.24, 2.45) is 11.7 Å². The van der Waals surface area contributed by atoms with Crippen molar-refractivity contribution >= 4 is 5.91 Å². The lowest BCUT2D eigenvalue weighted by atomic mass is 9.91. The zero-order valence-corrected chi connectivity index (χ0v) is 12.3. The van der Waals surface area contributed by atoms with E-state index in [1.807, 2.05) is 24.3 Å². The minimum atomic E-state index is 0.180. The third kappa shape index (κ3) is 3.19. The molecule has 0 aliphatic carbocycles. The number of hydrogen-bond acceptors (Lipinski definition) is 4. The average Bonchev–Trinajstić information content (AvgIpc) is 2.90. The Hall–Kier alpha value is -1.59. The first-order valence-electron chi connectivity index (χ1n) is 7.71. The molecule has 2 saturated heterocycles. The molecule has 0 aromatic heterocycles. The van der Waals surface area contributed by atoms with Crippen molar-refractivity contribution < 1.29 is 9.53 Å². The minimum absolute atomic E-state index is 0.180. The molecular formula is C16H23N3O2. The maximum absolute atomic E-state index is 11.7. The van der Waals surface area contributed by atoms with Gasteiger partial charge in [0.1, 0.15) is 12.4 Å². The molecule has 2 aliphatic rings. The summed E-state index contributed by atoms with van der Waals surface area (Å²) in [4.78, 5) is 14.1. The molecule has 0 bridgehead atoms. The van der Waals surface area contributed by atoms with Crippen LogP contribution in [-0.4, -0.2) is 43.1 Å². The van der Waals surface area contributed by atoms with Crippen LogP contribution in [0.15, 0.2) is 24.3 Å². The van der Waals surface area contributed by atoms with Gasteiger partial charge in [0.15, 0.2) is 0 Å². The van der Waals surface area contributed by atoms with E-state index >= 15 is 0 Å². The minimum Gasteiger partial charge on any atom is -0.492 e. The van der Waals surface area contributed by atoms with Crippen LogP contribution < -0.4 is 15.8 Å². The summed E-state index contributed by atoms with van der Waals surface area (Å²) in [5.41, 5.74) is 6.71. The van der Waals surface area contributed by atoms with Crippen LogP contribution in [0.5, 0.6) is 5.75 Å². The van der Waals surface area contributed by atoms with Crippen LogP contribution >= 0.6 is 0 Å². The molecule has 0 saturated carbocycles. The predicted octanol–water partition coefficient (Wildman–Crippen LogP) is 0.735. The second-order valence-corrected chi connectivity index (χ2v) is 5.80. The zero-order chi connectivity index (χ0) is 14.7. The van der Waals surface area contributed by atoms with Crippen LogP contribution in [0.1, 0.15) is 18.4 Å². The number of ether oxygens (including phenoxy) is 1. The molecule has 5 nitrogen and oxygen atoms in total. The van der Waals surface area contributed by atoms with Gasteiger partial charge in [0, 0.05) is 25.7 Å². The van der Waals surface area contributed by atoms with Crippen molar-refractivity contribution in [1.29, 1.82) is 0 Å². The maximum Gasteiger partial charge on any atom is 0.224 e. The van der Waals surface area contributed by atoms with Gasteiger partial charge in [0.05, 0.1) is 5.92 Å². The highest BCUT2D eigenvalue weighted by molar-refractivity contribution is 5.82. The molecule has 0 spiro atoms. The topological polar surface area (TPSA) is 67.6 Å². The number of fused-ring (bicyclic) bond motifs is 1. The fourth-order valence-electron chi connectivity index (χ4n) is 3.36. The number of nitrogens with two attached hydrogens (primary N) is 1. The van der Waals surface area contributed by atoms with E-state index in [0.717, 1.165) is 43.8 Å². The summed E-state index contributed by atoms with van der Waals surface area (Å²) < 4.78 is 5.82. The van der Waals surface area contributed by atoms with Crippen molar-refractivity contribution in [3.05, 3.63) is 29.8 Å². The van der Waals surface area contributed by atoms with E-state index in [2.05, 4.69) is 10.2 Å². The van der Waals surface area contributed by atoms with Crippen LogP contribution in [0.3, 0.4) is 0 Å². The van der Waals surface area contributed by atoms with E-state index in [9.17, 15) is 4.79 Å². The number of hydrogen-bond donors (Lipinski definition) is 2. The second kappa shape index (κ2) is 6.45. The van der Waals surface area contributed by atoms with Crippen molar-refractivity contribution in [1.82, 2.24) is 10.2 Å². The lowest BCUT2D eigenvalue weighted by molar-refractivity contribution is -0.124. The number of likely N-dealkylation sites (tertiary alicyclic amines) is 1. The van der Waals surface area contributed by atoms with Gasteiger partial charge in [-0.2, -0.15) is 0 Å². The molecule has 1 aromatic rings. The Balaban J connectivity index is 1.51. The van der Waals surface area contributed by atoms with E-state index in [-0.39, 0.29) is 11.8 Å². The number of rotatable bonds is 5. The standard InChI is InChI=1S/C16H23N3O2/c17-10-12-3-1-4-13(9-12)21-8-7-19-6-2-5-14-15(19)11-18-16(14)20/h1,3-4,9,14-15H,2,5-8,10-11,17H2,(H,18,20). The van der Waals surface area contributed by atoms with Gasteiger partial charge in [0.2, 0.25) is 5.91 Å². The summed E-state index contributed by atoms with van der Waals surface area (Å²) in [7, 11) is 0. The van der Waals surface area contributed by atoms with Crippen molar-refractivity contribution in [2.45, 2.75) is 25.4 Å². The number of piperidine rings is 1. The molecule has 1 amide bonds. The molecule has 21 heavy (non-hydrogen) atoms. The monoisotopic (exact) mass is 289 g/mol. The lowest BCUT2D eigenvalue weighted by Crippen LogP contribution is -2.47. The maximum atomic E-state index is 11.7. The van der Waals surface area contributed by atoms with E-state index < -0.39 is 0 Å². The average molecular weight is 289 g/mol. The summed E-state index contributed by atoms with van der Waals surface area (Å²) in [6.07, 6.45) is 2.11. The van der Waals surface area contributed by atoms with Crippen LogP contribution in [0, 0.1) is 5.92 Å². The first kappa shape index (κ1) is 14.4. The fraction of sp³-hybridized carbons (Fsp3) is 0.562. The van der Waals surface area contributed by atoms with E-state index in [1.165, 1.54) is 0 Å². The van der Waals surface area contributed by atoms with Crippen LogP contribution in [0.2, 0.25) is 0 Å². The number of carbonyl (C=O) groups excluding carboxylic acids is 1. The number of benzene rings is 1. The van der Waals surface area contributed by atoms with Gasteiger partial charge in [-0.25, -0.2) is 0 Å². The first-order chi connectivity index (χ1) is 10.3.